The molecule has 3 heteroatoms. The molecule has 1 aliphatic carbocycles. The predicted octanol–water partition coefficient (Wildman–Crippen LogP) is 1.75. The van der Waals surface area contributed by atoms with E-state index >= 15 is 0 Å². The summed E-state index contributed by atoms with van der Waals surface area (Å²) in [6, 6.07) is 0. The second kappa shape index (κ2) is 1.48. The summed E-state index contributed by atoms with van der Waals surface area (Å²) in [6.07, 6.45) is 0.588. The van der Waals surface area contributed by atoms with E-state index in [-0.39, 0.29) is 5.92 Å². The van der Waals surface area contributed by atoms with Gasteiger partial charge in [-0.25, -0.2) is 4.39 Å². The lowest BCUT2D eigenvalue weighted by molar-refractivity contribution is -0.112. The summed E-state index contributed by atoms with van der Waals surface area (Å²) in [5.41, 5.74) is -0.936. The van der Waals surface area contributed by atoms with Gasteiger partial charge in [0.05, 0.1) is 5.41 Å². The molecule has 0 aliphatic heterocycles. The SMILES string of the molecule is C[C@H]1[C@](C)(C=O)[C@]1(F)Cl. The molecule has 0 saturated heterocycles. The molecule has 9 heavy (non-hydrogen) atoms. The monoisotopic (exact) mass is 150 g/mol. The first-order chi connectivity index (χ1) is 3.97. The molecule has 0 radical (unpaired) electrons. The third kappa shape index (κ3) is 0.571. The molecule has 1 nitrogen and oxygen atoms in total. The number of carbonyl (C=O) groups is 1. The minimum absolute atomic E-state index is 0.343. The van der Waals surface area contributed by atoms with E-state index in [0.29, 0.717) is 6.29 Å². The van der Waals surface area contributed by atoms with Crippen LogP contribution in [0.2, 0.25) is 0 Å². The van der Waals surface area contributed by atoms with E-state index in [4.69, 9.17) is 11.6 Å². The van der Waals surface area contributed by atoms with Crippen LogP contribution in [0, 0.1) is 11.3 Å². The largest absolute Gasteiger partial charge is 0.303 e. The predicted molar refractivity (Wildman–Crippen MR) is 33.0 cm³/mol. The molecule has 52 valence electrons. The minimum atomic E-state index is -1.78. The third-order valence-corrected chi connectivity index (χ3v) is 3.06. The lowest BCUT2D eigenvalue weighted by Gasteiger charge is -1.96. The number of alkyl halides is 2. The molecule has 0 heterocycles. The van der Waals surface area contributed by atoms with Crippen molar-refractivity contribution < 1.29 is 9.18 Å². The van der Waals surface area contributed by atoms with Crippen molar-refractivity contribution in [3.63, 3.8) is 0 Å². The third-order valence-electron chi connectivity index (χ3n) is 2.32. The first kappa shape index (κ1) is 7.00. The molecule has 1 aliphatic rings. The van der Waals surface area contributed by atoms with Gasteiger partial charge in [-0.2, -0.15) is 0 Å². The first-order valence-electron chi connectivity index (χ1n) is 2.81. The van der Waals surface area contributed by atoms with Crippen LogP contribution >= 0.6 is 11.6 Å². The number of hydrogen-bond donors (Lipinski definition) is 0. The van der Waals surface area contributed by atoms with Gasteiger partial charge in [0.2, 0.25) is 0 Å². The molecule has 0 bridgehead atoms. The molecular weight excluding hydrogens is 143 g/mol. The molecule has 0 amide bonds. The van der Waals surface area contributed by atoms with E-state index in [1.807, 2.05) is 0 Å². The molecule has 1 rings (SSSR count). The van der Waals surface area contributed by atoms with Crippen molar-refractivity contribution in [3.8, 4) is 0 Å². The van der Waals surface area contributed by atoms with Gasteiger partial charge in [-0.1, -0.05) is 18.5 Å². The zero-order valence-corrected chi connectivity index (χ0v) is 6.07. The average Bonchev–Trinajstić information content (AvgIpc) is 2.16. The van der Waals surface area contributed by atoms with Crippen LogP contribution in [0.5, 0.6) is 0 Å². The normalized spacial score (nSPS) is 57.1. The Kier molecular flexibility index (Phi) is 1.15. The van der Waals surface area contributed by atoms with Gasteiger partial charge in [0.25, 0.3) is 0 Å². The van der Waals surface area contributed by atoms with Crippen LogP contribution in [0.4, 0.5) is 4.39 Å². The molecule has 0 aromatic rings. The van der Waals surface area contributed by atoms with Gasteiger partial charge in [-0.05, 0) is 6.92 Å². The zero-order chi connectivity index (χ0) is 7.28. The summed E-state index contributed by atoms with van der Waals surface area (Å²) in [5.74, 6) is -0.343. The Hall–Kier alpha value is -0.110. The first-order valence-corrected chi connectivity index (χ1v) is 3.19. The van der Waals surface area contributed by atoms with E-state index in [2.05, 4.69) is 0 Å². The molecule has 1 fully saturated rings. The van der Waals surface area contributed by atoms with Gasteiger partial charge in [-0.3, -0.25) is 0 Å². The van der Waals surface area contributed by atoms with Gasteiger partial charge in [0.1, 0.15) is 6.29 Å². The molecule has 3 atom stereocenters. The Balaban J connectivity index is 2.81. The van der Waals surface area contributed by atoms with Gasteiger partial charge >= 0.3 is 0 Å². The smallest absolute Gasteiger partial charge is 0.199 e. The molecule has 0 aromatic carbocycles. The van der Waals surface area contributed by atoms with Crippen molar-refractivity contribution in [1.82, 2.24) is 0 Å². The van der Waals surface area contributed by atoms with Crippen LogP contribution in [0.25, 0.3) is 0 Å². The number of carbonyl (C=O) groups excluding carboxylic acids is 1. The Labute approximate surface area is 58.2 Å². The van der Waals surface area contributed by atoms with Crippen LogP contribution in [-0.2, 0) is 4.79 Å². The van der Waals surface area contributed by atoms with Gasteiger partial charge < -0.3 is 4.79 Å². The van der Waals surface area contributed by atoms with Crippen LogP contribution in [0.1, 0.15) is 13.8 Å². The molecule has 0 N–H and O–H groups in total. The quantitative estimate of drug-likeness (QED) is 0.411. The average molecular weight is 151 g/mol. The minimum Gasteiger partial charge on any atom is -0.303 e. The Morgan fingerprint density at radius 1 is 1.78 bits per heavy atom. The van der Waals surface area contributed by atoms with Crippen molar-refractivity contribution in [2.45, 2.75) is 19.0 Å². The Morgan fingerprint density at radius 2 is 2.11 bits per heavy atom. The van der Waals surface area contributed by atoms with E-state index in [1.165, 1.54) is 6.92 Å². The van der Waals surface area contributed by atoms with Gasteiger partial charge in [-0.15, -0.1) is 0 Å². The fourth-order valence-corrected chi connectivity index (χ4v) is 1.32. The van der Waals surface area contributed by atoms with Crippen LogP contribution < -0.4 is 0 Å². The standard InChI is InChI=1S/C6H8ClFO/c1-4-5(2,3-9)6(4,7)8/h3-4H,1-2H3/t4-,5-,6-/m0/s1. The topological polar surface area (TPSA) is 17.1 Å². The maximum absolute atomic E-state index is 12.8. The fourth-order valence-electron chi connectivity index (χ4n) is 0.941. The lowest BCUT2D eigenvalue weighted by atomic mass is 10.1. The summed E-state index contributed by atoms with van der Waals surface area (Å²) >= 11 is 5.30. The lowest BCUT2D eigenvalue weighted by Crippen LogP contribution is -2.05. The van der Waals surface area contributed by atoms with Gasteiger partial charge in [0.15, 0.2) is 5.13 Å². The molecule has 0 spiro atoms. The molecule has 0 unspecified atom stereocenters. The van der Waals surface area contributed by atoms with E-state index in [9.17, 15) is 9.18 Å². The molecular formula is C6H8ClFO. The second-order valence-electron chi connectivity index (χ2n) is 2.75. The van der Waals surface area contributed by atoms with Crippen molar-refractivity contribution in [2.24, 2.45) is 11.3 Å². The maximum Gasteiger partial charge on any atom is 0.199 e. The summed E-state index contributed by atoms with van der Waals surface area (Å²) in [7, 11) is 0. The number of aldehydes is 1. The van der Waals surface area contributed by atoms with Crippen LogP contribution in [0.15, 0.2) is 0 Å². The van der Waals surface area contributed by atoms with E-state index in [0.717, 1.165) is 0 Å². The number of hydrogen-bond acceptors (Lipinski definition) is 1. The molecule has 0 aromatic heterocycles. The Bertz CT molecular complexity index is 157. The van der Waals surface area contributed by atoms with Crippen LogP contribution in [-0.4, -0.2) is 11.4 Å². The summed E-state index contributed by atoms with van der Waals surface area (Å²) in [6.45, 7) is 3.15. The van der Waals surface area contributed by atoms with Crippen molar-refractivity contribution in [3.05, 3.63) is 0 Å². The summed E-state index contributed by atoms with van der Waals surface area (Å²) < 4.78 is 12.8. The molecule has 1 saturated carbocycles. The highest BCUT2D eigenvalue weighted by atomic mass is 35.5. The van der Waals surface area contributed by atoms with E-state index < -0.39 is 10.5 Å². The summed E-state index contributed by atoms with van der Waals surface area (Å²) in [4.78, 5) is 10.2. The fraction of sp³-hybridized carbons (Fsp3) is 0.833. The number of rotatable bonds is 1. The number of halogens is 2. The Morgan fingerprint density at radius 3 is 2.11 bits per heavy atom. The van der Waals surface area contributed by atoms with Gasteiger partial charge in [0, 0.05) is 5.92 Å². The van der Waals surface area contributed by atoms with Crippen LogP contribution in [0.3, 0.4) is 0 Å². The van der Waals surface area contributed by atoms with Crippen molar-refractivity contribution >= 4 is 17.9 Å². The van der Waals surface area contributed by atoms with Crippen molar-refractivity contribution in [2.75, 3.05) is 0 Å². The zero-order valence-electron chi connectivity index (χ0n) is 5.32. The highest BCUT2D eigenvalue weighted by Gasteiger charge is 2.73. The summed E-state index contributed by atoms with van der Waals surface area (Å²) in [5, 5.41) is -1.78. The van der Waals surface area contributed by atoms with E-state index in [1.54, 1.807) is 6.92 Å². The second-order valence-corrected chi connectivity index (χ2v) is 3.30. The maximum atomic E-state index is 12.8. The highest BCUT2D eigenvalue weighted by molar-refractivity contribution is 6.27. The highest BCUT2D eigenvalue weighted by Crippen LogP contribution is 2.65. The van der Waals surface area contributed by atoms with Crippen molar-refractivity contribution in [1.29, 1.82) is 0 Å².